The highest BCUT2D eigenvalue weighted by Gasteiger charge is 2.43. The van der Waals surface area contributed by atoms with Crippen LogP contribution in [0.2, 0.25) is 0 Å². The molecule has 1 aliphatic carbocycles. The van der Waals surface area contributed by atoms with E-state index in [1.807, 2.05) is 0 Å². The summed E-state index contributed by atoms with van der Waals surface area (Å²) >= 11 is 7.36. The number of carbonyl (C=O) groups excluding carboxylic acids is 1. The van der Waals surface area contributed by atoms with Gasteiger partial charge in [-0.3, -0.25) is 4.79 Å². The largest absolute Gasteiger partial charge is 0.381 e. The number of nitrogen functional groups attached to an aromatic ring is 1. The molecule has 9 heteroatoms. The Kier molecular flexibility index (Phi) is 5.13. The lowest BCUT2D eigenvalue weighted by molar-refractivity contribution is -0.116. The molecule has 1 spiro atoms. The van der Waals surface area contributed by atoms with Gasteiger partial charge in [-0.1, -0.05) is 18.2 Å². The molecule has 4 rings (SSSR count). The van der Waals surface area contributed by atoms with E-state index >= 15 is 0 Å². The van der Waals surface area contributed by atoms with Gasteiger partial charge in [-0.25, -0.2) is 15.0 Å². The van der Waals surface area contributed by atoms with Crippen LogP contribution in [0.4, 0.5) is 11.6 Å². The van der Waals surface area contributed by atoms with E-state index in [1.54, 1.807) is 12.3 Å². The van der Waals surface area contributed by atoms with Crippen molar-refractivity contribution in [1.82, 2.24) is 9.97 Å². The molecule has 0 bridgehead atoms. The number of carbonyl (C=O) groups is 1. The predicted molar refractivity (Wildman–Crippen MR) is 109 cm³/mol. The molecule has 2 aliphatic heterocycles. The van der Waals surface area contributed by atoms with Crippen molar-refractivity contribution in [2.75, 3.05) is 23.7 Å². The van der Waals surface area contributed by atoms with Crippen molar-refractivity contribution >= 4 is 47.1 Å². The lowest BCUT2D eigenvalue weighted by Crippen LogP contribution is -2.47. The van der Waals surface area contributed by atoms with Gasteiger partial charge in [0.2, 0.25) is 0 Å². The number of rotatable bonds is 3. The first-order valence-electron chi connectivity index (χ1n) is 9.22. The fourth-order valence-corrected chi connectivity index (χ4v) is 5.31. The Balaban J connectivity index is 1.44. The Hall–Kier alpha value is -1.64. The minimum Gasteiger partial charge on any atom is -0.381 e. The van der Waals surface area contributed by atoms with Crippen LogP contribution < -0.4 is 16.4 Å². The number of aliphatic imine (C=N–C) groups is 1. The molecule has 27 heavy (non-hydrogen) atoms. The van der Waals surface area contributed by atoms with Crippen molar-refractivity contribution in [2.45, 2.75) is 48.5 Å². The summed E-state index contributed by atoms with van der Waals surface area (Å²) in [6.07, 6.45) is 10.7. The van der Waals surface area contributed by atoms with Gasteiger partial charge in [-0.2, -0.15) is 0 Å². The maximum Gasteiger partial charge on any atom is 0.268 e. The molecule has 1 saturated carbocycles. The minimum atomic E-state index is -0.796. The van der Waals surface area contributed by atoms with E-state index in [1.165, 1.54) is 30.8 Å². The van der Waals surface area contributed by atoms with Crippen molar-refractivity contribution in [3.63, 3.8) is 0 Å². The van der Waals surface area contributed by atoms with Crippen LogP contribution in [-0.4, -0.2) is 46.6 Å². The number of alkyl halides is 1. The molecule has 1 unspecified atom stereocenters. The highest BCUT2D eigenvalue weighted by atomic mass is 35.5. The van der Waals surface area contributed by atoms with Crippen molar-refractivity contribution in [2.24, 2.45) is 16.1 Å². The highest BCUT2D eigenvalue weighted by Crippen LogP contribution is 2.46. The first-order valence-corrected chi connectivity index (χ1v) is 10.5. The quantitative estimate of drug-likeness (QED) is 0.741. The molecule has 3 heterocycles. The topological polar surface area (TPSA) is 110 Å². The molecule has 1 saturated heterocycles. The number of halogens is 1. The summed E-state index contributed by atoms with van der Waals surface area (Å²) in [6.45, 7) is 1.85. The first kappa shape index (κ1) is 18.7. The van der Waals surface area contributed by atoms with E-state index < -0.39 is 5.38 Å². The van der Waals surface area contributed by atoms with Crippen LogP contribution in [0.25, 0.3) is 0 Å². The molecule has 0 aromatic carbocycles. The molecule has 2 atom stereocenters. The molecule has 1 aromatic rings. The number of amides is 1. The molecular weight excluding hydrogens is 384 g/mol. The summed E-state index contributed by atoms with van der Waals surface area (Å²) in [5, 5.41) is -0.250. The van der Waals surface area contributed by atoms with E-state index in [0.717, 1.165) is 38.2 Å². The van der Waals surface area contributed by atoms with Gasteiger partial charge in [0.25, 0.3) is 5.91 Å². The van der Waals surface area contributed by atoms with E-state index in [2.05, 4.69) is 19.9 Å². The zero-order chi connectivity index (χ0) is 19.0. The molecule has 1 aromatic heterocycles. The average molecular weight is 407 g/mol. The zero-order valence-electron chi connectivity index (χ0n) is 15.0. The SMILES string of the molecule is Nc1nc(N2CCC3(CCC[C@H]3N)CC2)cnc1SC1=CC=NC(=O)C1Cl. The van der Waals surface area contributed by atoms with Gasteiger partial charge in [0.05, 0.1) is 6.20 Å². The van der Waals surface area contributed by atoms with Crippen LogP contribution in [0, 0.1) is 5.41 Å². The molecule has 3 aliphatic rings. The normalized spacial score (nSPS) is 27.3. The molecule has 0 radical (unpaired) electrons. The number of piperidine rings is 1. The van der Waals surface area contributed by atoms with Gasteiger partial charge in [-0.15, -0.1) is 11.6 Å². The second-order valence-corrected chi connectivity index (χ2v) is 8.92. The number of hydrogen-bond acceptors (Lipinski definition) is 7. The maximum atomic E-state index is 11.6. The van der Waals surface area contributed by atoms with Crippen molar-refractivity contribution in [3.05, 3.63) is 17.2 Å². The summed E-state index contributed by atoms with van der Waals surface area (Å²) in [6, 6.07) is 0.327. The number of anilines is 2. The van der Waals surface area contributed by atoms with E-state index in [9.17, 15) is 4.79 Å². The Morgan fingerprint density at radius 3 is 2.74 bits per heavy atom. The second kappa shape index (κ2) is 7.41. The molecule has 1 amide bonds. The van der Waals surface area contributed by atoms with Gasteiger partial charge < -0.3 is 16.4 Å². The third-order valence-corrected chi connectivity index (χ3v) is 7.60. The van der Waals surface area contributed by atoms with Crippen LogP contribution in [0.5, 0.6) is 0 Å². The number of thioether (sulfide) groups is 1. The number of aromatic nitrogens is 2. The molecule has 144 valence electrons. The molecular formula is C18H23ClN6OS. The fraction of sp³-hybridized carbons (Fsp3) is 0.556. The van der Waals surface area contributed by atoms with Crippen LogP contribution in [0.3, 0.4) is 0 Å². The molecule has 2 fully saturated rings. The Labute approximate surface area is 167 Å². The number of allylic oxidation sites excluding steroid dienone is 1. The van der Waals surface area contributed by atoms with Gasteiger partial charge in [0.15, 0.2) is 5.82 Å². The molecule has 4 N–H and O–H groups in total. The van der Waals surface area contributed by atoms with Crippen molar-refractivity contribution < 1.29 is 4.79 Å². The summed E-state index contributed by atoms with van der Waals surface area (Å²) < 4.78 is 0. The number of hydrogen-bond donors (Lipinski definition) is 2. The summed E-state index contributed by atoms with van der Waals surface area (Å²) in [4.78, 5) is 27.2. The van der Waals surface area contributed by atoms with Gasteiger partial charge >= 0.3 is 0 Å². The highest BCUT2D eigenvalue weighted by molar-refractivity contribution is 8.03. The average Bonchev–Trinajstić information content (AvgIpc) is 3.01. The van der Waals surface area contributed by atoms with Crippen LogP contribution in [0.15, 0.2) is 27.2 Å². The monoisotopic (exact) mass is 406 g/mol. The van der Waals surface area contributed by atoms with E-state index in [0.29, 0.717) is 27.2 Å². The Bertz CT molecular complexity index is 805. The number of nitrogens with zero attached hydrogens (tertiary/aromatic N) is 4. The lowest BCUT2D eigenvalue weighted by atomic mass is 9.74. The van der Waals surface area contributed by atoms with Crippen molar-refractivity contribution in [3.8, 4) is 0 Å². The first-order chi connectivity index (χ1) is 13.0. The zero-order valence-corrected chi connectivity index (χ0v) is 16.5. The van der Waals surface area contributed by atoms with Crippen molar-refractivity contribution in [1.29, 1.82) is 0 Å². The van der Waals surface area contributed by atoms with Gasteiger partial charge in [0, 0.05) is 30.3 Å². The van der Waals surface area contributed by atoms with Crippen LogP contribution >= 0.6 is 23.4 Å². The fourth-order valence-electron chi connectivity index (χ4n) is 4.23. The summed E-state index contributed by atoms with van der Waals surface area (Å²) in [5.74, 6) is 0.753. The van der Waals surface area contributed by atoms with E-state index in [-0.39, 0.29) is 5.91 Å². The van der Waals surface area contributed by atoms with Crippen LogP contribution in [-0.2, 0) is 4.79 Å². The third-order valence-electron chi connectivity index (χ3n) is 5.93. The van der Waals surface area contributed by atoms with Gasteiger partial charge in [0.1, 0.15) is 16.2 Å². The number of dihydropyridines is 1. The standard InChI is InChI=1S/C18H23ClN6OS/c19-14-11(3-7-22-16(14)26)27-17-15(21)24-13(10-23-17)25-8-5-18(6-9-25)4-1-2-12(18)20/h3,7,10,12,14H,1-2,4-6,8-9,20H2,(H2,21,24)/t12-,14?/m1/s1. The van der Waals surface area contributed by atoms with Crippen LogP contribution in [0.1, 0.15) is 32.1 Å². The smallest absolute Gasteiger partial charge is 0.268 e. The van der Waals surface area contributed by atoms with E-state index in [4.69, 9.17) is 23.1 Å². The summed E-state index contributed by atoms with van der Waals surface area (Å²) in [5.41, 5.74) is 12.8. The minimum absolute atomic E-state index is 0.308. The molecule has 7 nitrogen and oxygen atoms in total. The third kappa shape index (κ3) is 3.58. The summed E-state index contributed by atoms with van der Waals surface area (Å²) in [7, 11) is 0. The lowest BCUT2D eigenvalue weighted by Gasteiger charge is -2.42. The van der Waals surface area contributed by atoms with Gasteiger partial charge in [-0.05, 0) is 37.2 Å². The maximum absolute atomic E-state index is 11.6. The Morgan fingerprint density at radius 2 is 2.07 bits per heavy atom. The predicted octanol–water partition coefficient (Wildman–Crippen LogP) is 2.35. The number of nitrogens with two attached hydrogens (primary N) is 2. The second-order valence-electron chi connectivity index (χ2n) is 7.42. The Morgan fingerprint density at radius 1 is 1.30 bits per heavy atom.